The van der Waals surface area contributed by atoms with Gasteiger partial charge in [-0.2, -0.15) is 13.2 Å². The molecule has 2 aliphatic rings. The molecule has 0 radical (unpaired) electrons. The van der Waals surface area contributed by atoms with Gasteiger partial charge in [-0.15, -0.1) is 0 Å². The van der Waals surface area contributed by atoms with E-state index in [-0.39, 0.29) is 32.4 Å². The maximum Gasteiger partial charge on any atom is 0.435 e. The SMILES string of the molecule is CC.OC1(c2ccc(C3=NOC(c4cc(Cl)c(Cl)c(Cl)c4)(C(F)(F)F)C3)cc2)CN(C(c2ccccc2)c2ccccc2)C1. The molecule has 0 bridgehead atoms. The number of β-amino-alcohol motifs (C(OH)–C–C–N with tert-alkyl or cyclic N) is 1. The highest BCUT2D eigenvalue weighted by atomic mass is 35.5. The van der Waals surface area contributed by atoms with Crippen LogP contribution in [0.25, 0.3) is 0 Å². The number of alkyl halides is 3. The van der Waals surface area contributed by atoms with E-state index in [0.29, 0.717) is 24.2 Å². The summed E-state index contributed by atoms with van der Waals surface area (Å²) in [5.41, 5.74) is -0.705. The molecule has 4 nitrogen and oxygen atoms in total. The van der Waals surface area contributed by atoms with E-state index in [9.17, 15) is 18.3 Å². The minimum absolute atomic E-state index is 0.0256. The molecule has 0 amide bonds. The van der Waals surface area contributed by atoms with E-state index in [2.05, 4.69) is 34.3 Å². The Morgan fingerprint density at radius 3 is 1.77 bits per heavy atom. The van der Waals surface area contributed by atoms with Crippen LogP contribution in [0.5, 0.6) is 0 Å². The molecular weight excluding hydrogens is 632 g/mol. The Bertz CT molecular complexity index is 1570. The van der Waals surface area contributed by atoms with Crippen molar-refractivity contribution in [3.8, 4) is 0 Å². The molecule has 4 aromatic rings. The van der Waals surface area contributed by atoms with Crippen molar-refractivity contribution < 1.29 is 23.1 Å². The van der Waals surface area contributed by atoms with Crippen LogP contribution in [0.1, 0.15) is 54.1 Å². The molecule has 1 unspecified atom stereocenters. The van der Waals surface area contributed by atoms with Gasteiger partial charge < -0.3 is 9.94 Å². The molecule has 0 aliphatic carbocycles. The molecular formula is C34H30Cl3F3N2O2. The lowest BCUT2D eigenvalue weighted by molar-refractivity contribution is -0.275. The van der Waals surface area contributed by atoms with Crippen LogP contribution in [-0.4, -0.2) is 35.0 Å². The van der Waals surface area contributed by atoms with Gasteiger partial charge in [-0.25, -0.2) is 0 Å². The number of halogens is 6. The lowest BCUT2D eigenvalue weighted by atomic mass is 9.81. The highest BCUT2D eigenvalue weighted by molar-refractivity contribution is 6.48. The molecule has 230 valence electrons. The van der Waals surface area contributed by atoms with Crippen LogP contribution in [0.15, 0.2) is 102 Å². The van der Waals surface area contributed by atoms with Crippen LogP contribution in [-0.2, 0) is 16.0 Å². The first-order valence-electron chi connectivity index (χ1n) is 14.1. The van der Waals surface area contributed by atoms with Gasteiger partial charge in [-0.3, -0.25) is 4.90 Å². The summed E-state index contributed by atoms with van der Waals surface area (Å²) in [6.45, 7) is 4.78. The largest absolute Gasteiger partial charge is 0.435 e. The molecule has 1 atom stereocenters. The maximum atomic E-state index is 14.4. The number of rotatable bonds is 6. The van der Waals surface area contributed by atoms with Gasteiger partial charge in [-0.1, -0.05) is 139 Å². The first kappa shape index (κ1) is 32.3. The summed E-state index contributed by atoms with van der Waals surface area (Å²) in [4.78, 5) is 7.31. The first-order valence-corrected chi connectivity index (χ1v) is 15.3. The normalized spacial score (nSPS) is 19.5. The average Bonchev–Trinajstić information content (AvgIpc) is 3.48. The minimum atomic E-state index is -4.82. The third-order valence-corrected chi connectivity index (χ3v) is 9.11. The molecule has 0 spiro atoms. The van der Waals surface area contributed by atoms with Crippen molar-refractivity contribution in [2.75, 3.05) is 13.1 Å². The molecule has 0 saturated carbocycles. The second kappa shape index (κ2) is 12.7. The standard InChI is InChI=1S/C32H24Cl3F3N2O2.C2H6/c33-25-15-24(16-26(34)28(25)35)31(32(36,37)38)17-27(39-42-31)20-11-13-23(14-12-20)30(41)18-40(19-30)29(21-7-3-1-4-8-21)22-9-5-2-6-10-22;1-2/h1-16,29,41H,17-19H2;1-2H3. The summed E-state index contributed by atoms with van der Waals surface area (Å²) in [6, 6.07) is 29.1. The van der Waals surface area contributed by atoms with Crippen LogP contribution >= 0.6 is 34.8 Å². The molecule has 4 aromatic carbocycles. The third kappa shape index (κ3) is 5.96. The van der Waals surface area contributed by atoms with Crippen LogP contribution in [0, 0.1) is 0 Å². The molecule has 1 N–H and O–H groups in total. The van der Waals surface area contributed by atoms with Crippen molar-refractivity contribution in [3.05, 3.63) is 140 Å². The number of oxime groups is 1. The molecule has 0 aromatic heterocycles. The van der Waals surface area contributed by atoms with Crippen molar-refractivity contribution >= 4 is 40.5 Å². The van der Waals surface area contributed by atoms with Gasteiger partial charge in [0, 0.05) is 25.1 Å². The van der Waals surface area contributed by atoms with Crippen molar-refractivity contribution in [3.63, 3.8) is 0 Å². The van der Waals surface area contributed by atoms with Crippen molar-refractivity contribution in [1.82, 2.24) is 4.90 Å². The van der Waals surface area contributed by atoms with Gasteiger partial charge in [0.2, 0.25) is 0 Å². The van der Waals surface area contributed by atoms with Crippen LogP contribution in [0.3, 0.4) is 0 Å². The Balaban J connectivity index is 0.00000188. The maximum absolute atomic E-state index is 14.4. The summed E-state index contributed by atoms with van der Waals surface area (Å²) in [5, 5.41) is 15.0. The molecule has 1 fully saturated rings. The fourth-order valence-electron chi connectivity index (χ4n) is 5.70. The predicted molar refractivity (Wildman–Crippen MR) is 169 cm³/mol. The second-order valence-electron chi connectivity index (χ2n) is 10.6. The molecule has 6 rings (SSSR count). The Hall–Kier alpha value is -3.07. The van der Waals surface area contributed by atoms with E-state index in [1.807, 2.05) is 50.2 Å². The first-order chi connectivity index (χ1) is 21.0. The van der Waals surface area contributed by atoms with Crippen molar-refractivity contribution in [1.29, 1.82) is 0 Å². The third-order valence-electron chi connectivity index (χ3n) is 7.92. The van der Waals surface area contributed by atoms with Gasteiger partial charge in [0.15, 0.2) is 0 Å². The van der Waals surface area contributed by atoms with Gasteiger partial charge in [0.25, 0.3) is 5.60 Å². The van der Waals surface area contributed by atoms with E-state index < -0.39 is 23.8 Å². The van der Waals surface area contributed by atoms with E-state index >= 15 is 0 Å². The van der Waals surface area contributed by atoms with Gasteiger partial charge in [0.05, 0.1) is 26.8 Å². The van der Waals surface area contributed by atoms with E-state index in [1.54, 1.807) is 24.3 Å². The smallest absolute Gasteiger partial charge is 0.382 e. The minimum Gasteiger partial charge on any atom is -0.382 e. The lowest BCUT2D eigenvalue weighted by Crippen LogP contribution is -2.60. The fraction of sp³-hybridized carbons (Fsp3) is 0.265. The van der Waals surface area contributed by atoms with Gasteiger partial charge in [-0.05, 0) is 34.4 Å². The average molecular weight is 662 g/mol. The summed E-state index contributed by atoms with van der Waals surface area (Å²) in [6.07, 6.45) is -5.41. The summed E-state index contributed by atoms with van der Waals surface area (Å²) in [7, 11) is 0. The van der Waals surface area contributed by atoms with Crippen LogP contribution in [0.4, 0.5) is 13.2 Å². The zero-order chi connectivity index (χ0) is 31.7. The zero-order valence-electron chi connectivity index (χ0n) is 24.0. The lowest BCUT2D eigenvalue weighted by Gasteiger charge is -2.50. The number of hydrogen-bond acceptors (Lipinski definition) is 4. The molecule has 2 aliphatic heterocycles. The van der Waals surface area contributed by atoms with Crippen molar-refractivity contribution in [2.24, 2.45) is 5.16 Å². The summed E-state index contributed by atoms with van der Waals surface area (Å²) in [5.74, 6) is 0. The monoisotopic (exact) mass is 660 g/mol. The Labute approximate surface area is 269 Å². The number of benzene rings is 4. The molecule has 2 heterocycles. The van der Waals surface area contributed by atoms with E-state index in [0.717, 1.165) is 23.3 Å². The number of likely N-dealkylation sites (tertiary alicyclic amines) is 1. The number of aliphatic hydroxyl groups is 1. The van der Waals surface area contributed by atoms with Crippen LogP contribution in [0.2, 0.25) is 15.1 Å². The van der Waals surface area contributed by atoms with E-state index in [4.69, 9.17) is 39.6 Å². The molecule has 1 saturated heterocycles. The Morgan fingerprint density at radius 1 is 0.795 bits per heavy atom. The van der Waals surface area contributed by atoms with Gasteiger partial charge >= 0.3 is 6.18 Å². The van der Waals surface area contributed by atoms with Crippen molar-refractivity contribution in [2.45, 2.75) is 43.7 Å². The second-order valence-corrected chi connectivity index (χ2v) is 11.8. The Kier molecular flexibility index (Phi) is 9.36. The van der Waals surface area contributed by atoms with E-state index in [1.165, 1.54) is 0 Å². The Morgan fingerprint density at radius 2 is 1.30 bits per heavy atom. The number of nitrogens with zero attached hydrogens (tertiary/aromatic N) is 2. The molecule has 44 heavy (non-hydrogen) atoms. The van der Waals surface area contributed by atoms with Gasteiger partial charge in [0.1, 0.15) is 5.60 Å². The summed E-state index contributed by atoms with van der Waals surface area (Å²) < 4.78 is 43.3. The summed E-state index contributed by atoms with van der Waals surface area (Å²) >= 11 is 18.0. The molecule has 10 heteroatoms. The predicted octanol–water partition coefficient (Wildman–Crippen LogP) is 9.55. The number of hydrogen-bond donors (Lipinski definition) is 1. The zero-order valence-corrected chi connectivity index (χ0v) is 26.2. The highest BCUT2D eigenvalue weighted by Gasteiger charge is 2.62. The topological polar surface area (TPSA) is 45.1 Å². The van der Waals surface area contributed by atoms with Crippen LogP contribution < -0.4 is 0 Å². The quantitative estimate of drug-likeness (QED) is 0.209. The highest BCUT2D eigenvalue weighted by Crippen LogP contribution is 2.51. The fourth-order valence-corrected chi connectivity index (χ4v) is 6.29.